The summed E-state index contributed by atoms with van der Waals surface area (Å²) in [6, 6.07) is 4.55. The van der Waals surface area contributed by atoms with E-state index in [-0.39, 0.29) is 4.47 Å². The highest BCUT2D eigenvalue weighted by atomic mass is 32.2. The Balaban J connectivity index is 2.59. The fraction of sp³-hybridized carbons (Fsp3) is 0.294. The summed E-state index contributed by atoms with van der Waals surface area (Å²) in [6.45, 7) is 4.39. The quantitative estimate of drug-likeness (QED) is 0.619. The second-order valence-corrected chi connectivity index (χ2v) is 10.6. The predicted octanol–water partition coefficient (Wildman–Crippen LogP) is 1.58. The van der Waals surface area contributed by atoms with Gasteiger partial charge in [-0.15, -0.1) is 0 Å². The van der Waals surface area contributed by atoms with Crippen LogP contribution in [0.25, 0.3) is 0 Å². The third-order valence-electron chi connectivity index (χ3n) is 3.23. The summed E-state index contributed by atoms with van der Waals surface area (Å²) in [5.74, 6) is -1.32. The minimum atomic E-state index is -5.00. The molecule has 2 rings (SSSR count). The van der Waals surface area contributed by atoms with Crippen LogP contribution >= 0.6 is 0 Å². The van der Waals surface area contributed by atoms with Gasteiger partial charge in [0.25, 0.3) is 0 Å². The molecule has 0 saturated carbocycles. The van der Waals surface area contributed by atoms with E-state index in [0.29, 0.717) is 0 Å². The van der Waals surface area contributed by atoms with Crippen molar-refractivity contribution in [1.29, 1.82) is 0 Å². The molecule has 0 fully saturated rings. The zero-order valence-electron chi connectivity index (χ0n) is 16.5. The van der Waals surface area contributed by atoms with Crippen LogP contribution in [-0.2, 0) is 29.4 Å². The Bertz CT molecular complexity index is 1160. The fourth-order valence-electron chi connectivity index (χ4n) is 2.07. The number of benzene rings is 1. The van der Waals surface area contributed by atoms with E-state index in [1.807, 2.05) is 0 Å². The summed E-state index contributed by atoms with van der Waals surface area (Å²) in [4.78, 5) is 35.6. The summed E-state index contributed by atoms with van der Waals surface area (Å²) < 4.78 is 55.1. The minimum Gasteiger partial charge on any atom is -0.441 e. The number of nitrogens with zero attached hydrogens (tertiary/aromatic N) is 3. The number of aromatic nitrogens is 2. The van der Waals surface area contributed by atoms with Gasteiger partial charge in [-0.05, 0) is 37.4 Å². The second kappa shape index (κ2) is 8.36. The molecular formula is C17H19N3O8S2. The number of carbonyl (C=O) groups excluding carboxylic acids is 2. The number of carbonyl (C=O) groups is 2. The van der Waals surface area contributed by atoms with Gasteiger partial charge in [-0.1, -0.05) is 12.1 Å². The molecule has 0 bridgehead atoms. The lowest BCUT2D eigenvalue weighted by atomic mass is 10.2. The number of hydrogen-bond donors (Lipinski definition) is 0. The van der Waals surface area contributed by atoms with E-state index in [1.165, 1.54) is 39.1 Å². The Morgan fingerprint density at radius 3 is 2.10 bits per heavy atom. The fourth-order valence-corrected chi connectivity index (χ4v) is 4.75. The van der Waals surface area contributed by atoms with E-state index in [2.05, 4.69) is 9.97 Å². The second-order valence-electron chi connectivity index (χ2n) is 6.90. The molecule has 13 heteroatoms. The van der Waals surface area contributed by atoms with E-state index >= 15 is 0 Å². The molecule has 0 saturated heterocycles. The van der Waals surface area contributed by atoms with Crippen LogP contribution in [0.1, 0.15) is 31.3 Å². The largest absolute Gasteiger partial charge is 0.459 e. The van der Waals surface area contributed by atoms with E-state index < -0.39 is 53.0 Å². The SMILES string of the molecule is CC(C)(C)OC(=O)N(OC(=O)c1cnccn1)S(=O)(=O)c1ccccc1S(C)(=O)=O. The van der Waals surface area contributed by atoms with Crippen molar-refractivity contribution in [3.63, 3.8) is 0 Å². The van der Waals surface area contributed by atoms with Gasteiger partial charge in [0.05, 0.1) is 11.1 Å². The molecule has 1 aromatic carbocycles. The third kappa shape index (κ3) is 5.51. The third-order valence-corrected chi connectivity index (χ3v) is 6.08. The average molecular weight is 457 g/mol. The highest BCUT2D eigenvalue weighted by Gasteiger charge is 2.40. The number of rotatable bonds is 4. The van der Waals surface area contributed by atoms with E-state index in [1.54, 1.807) is 0 Å². The number of sulfonamides is 1. The first kappa shape index (κ1) is 23.2. The molecule has 0 atom stereocenters. The standard InChI is InChI=1S/C17H19N3O8S2/c1-17(2,3)27-16(22)20(28-15(21)12-11-18-9-10-19-12)30(25,26)14-8-6-5-7-13(14)29(4,23)24/h5-11H,1-4H3. The maximum atomic E-state index is 13.1. The van der Waals surface area contributed by atoms with Gasteiger partial charge in [0.1, 0.15) is 10.5 Å². The Hall–Kier alpha value is -3.06. The molecule has 1 aromatic heterocycles. The van der Waals surface area contributed by atoms with Crippen LogP contribution < -0.4 is 0 Å². The highest BCUT2D eigenvalue weighted by molar-refractivity contribution is 7.93. The molecular weight excluding hydrogens is 438 g/mol. The van der Waals surface area contributed by atoms with Crippen LogP contribution in [0.15, 0.2) is 52.6 Å². The van der Waals surface area contributed by atoms with Crippen LogP contribution in [0.2, 0.25) is 0 Å². The summed E-state index contributed by atoms with van der Waals surface area (Å²) >= 11 is 0. The lowest BCUT2D eigenvalue weighted by molar-refractivity contribution is -0.0591. The van der Waals surface area contributed by atoms with Gasteiger partial charge in [0, 0.05) is 18.6 Å². The van der Waals surface area contributed by atoms with E-state index in [4.69, 9.17) is 9.57 Å². The van der Waals surface area contributed by atoms with Gasteiger partial charge in [-0.25, -0.2) is 23.0 Å². The minimum absolute atomic E-state index is 0.306. The number of ether oxygens (including phenoxy) is 1. The first-order chi connectivity index (χ1) is 13.7. The van der Waals surface area contributed by atoms with Crippen molar-refractivity contribution in [2.75, 3.05) is 6.26 Å². The number of amides is 1. The van der Waals surface area contributed by atoms with Gasteiger partial charge >= 0.3 is 22.1 Å². The Morgan fingerprint density at radius 2 is 1.60 bits per heavy atom. The van der Waals surface area contributed by atoms with Gasteiger partial charge in [0.2, 0.25) is 0 Å². The summed E-state index contributed by atoms with van der Waals surface area (Å²) in [5.41, 5.74) is -1.54. The van der Waals surface area contributed by atoms with Crippen molar-refractivity contribution in [1.82, 2.24) is 14.4 Å². The number of sulfone groups is 1. The first-order valence-corrected chi connectivity index (χ1v) is 11.6. The molecule has 0 unspecified atom stereocenters. The monoisotopic (exact) mass is 457 g/mol. The molecule has 2 aromatic rings. The lowest BCUT2D eigenvalue weighted by Gasteiger charge is -2.25. The number of hydrogen-bond acceptors (Lipinski definition) is 10. The summed E-state index contributed by atoms with van der Waals surface area (Å²) in [6.07, 6.45) is 2.66. The molecule has 0 radical (unpaired) electrons. The highest BCUT2D eigenvalue weighted by Crippen LogP contribution is 2.26. The first-order valence-electron chi connectivity index (χ1n) is 8.29. The van der Waals surface area contributed by atoms with Crippen molar-refractivity contribution in [2.24, 2.45) is 0 Å². The molecule has 0 aliphatic heterocycles. The summed E-state index contributed by atoms with van der Waals surface area (Å²) in [5, 5.41) is 0. The van der Waals surface area contributed by atoms with Gasteiger partial charge < -0.3 is 9.57 Å². The molecule has 0 spiro atoms. The molecule has 162 valence electrons. The van der Waals surface area contributed by atoms with Gasteiger partial charge in [0.15, 0.2) is 15.5 Å². The van der Waals surface area contributed by atoms with Crippen molar-refractivity contribution in [3.8, 4) is 0 Å². The van der Waals surface area contributed by atoms with Crippen molar-refractivity contribution in [2.45, 2.75) is 36.2 Å². The maximum absolute atomic E-state index is 13.1. The van der Waals surface area contributed by atoms with Crippen LogP contribution in [0.5, 0.6) is 0 Å². The molecule has 0 aliphatic carbocycles. The smallest absolute Gasteiger partial charge is 0.441 e. The molecule has 1 heterocycles. The van der Waals surface area contributed by atoms with Gasteiger partial charge in [-0.3, -0.25) is 4.98 Å². The molecule has 11 nitrogen and oxygen atoms in total. The van der Waals surface area contributed by atoms with Crippen LogP contribution in [0.3, 0.4) is 0 Å². The zero-order valence-corrected chi connectivity index (χ0v) is 18.1. The molecule has 1 amide bonds. The Labute approximate surface area is 173 Å². The van der Waals surface area contributed by atoms with Crippen LogP contribution in [0.4, 0.5) is 4.79 Å². The van der Waals surface area contributed by atoms with Crippen molar-refractivity contribution < 1.29 is 36.0 Å². The van der Waals surface area contributed by atoms with Crippen molar-refractivity contribution in [3.05, 3.63) is 48.5 Å². The van der Waals surface area contributed by atoms with E-state index in [0.717, 1.165) is 30.8 Å². The zero-order chi connectivity index (χ0) is 22.7. The normalized spacial score (nSPS) is 12.1. The predicted molar refractivity (Wildman–Crippen MR) is 102 cm³/mol. The average Bonchev–Trinajstić information content (AvgIpc) is 2.64. The molecule has 0 N–H and O–H groups in total. The number of hydroxylamine groups is 1. The maximum Gasteiger partial charge on any atom is 0.459 e. The van der Waals surface area contributed by atoms with Crippen LogP contribution in [-0.4, -0.2) is 55.2 Å². The molecule has 30 heavy (non-hydrogen) atoms. The Kier molecular flexibility index (Phi) is 6.47. The van der Waals surface area contributed by atoms with Crippen LogP contribution in [0, 0.1) is 0 Å². The summed E-state index contributed by atoms with van der Waals surface area (Å²) in [7, 11) is -9.01. The lowest BCUT2D eigenvalue weighted by Crippen LogP contribution is -2.42. The van der Waals surface area contributed by atoms with E-state index in [9.17, 15) is 26.4 Å². The van der Waals surface area contributed by atoms with Crippen molar-refractivity contribution >= 4 is 31.9 Å². The topological polar surface area (TPSA) is 150 Å². The van der Waals surface area contributed by atoms with Gasteiger partial charge in [-0.2, -0.15) is 8.42 Å². The Morgan fingerprint density at radius 1 is 1.00 bits per heavy atom. The molecule has 0 aliphatic rings.